The van der Waals surface area contributed by atoms with Gasteiger partial charge in [0.1, 0.15) is 5.25 Å². The number of rotatable bonds is 2. The fourth-order valence-electron chi connectivity index (χ4n) is 1.84. The maximum absolute atomic E-state index is 11.8. The smallest absolute Gasteiger partial charge is 0.228 e. The Morgan fingerprint density at radius 1 is 1.44 bits per heavy atom. The first kappa shape index (κ1) is 13.2. The third kappa shape index (κ3) is 2.33. The number of amides is 1. The van der Waals surface area contributed by atoms with Gasteiger partial charge in [-0.3, -0.25) is 9.78 Å². The Labute approximate surface area is 112 Å². The van der Waals surface area contributed by atoms with Gasteiger partial charge in [0.15, 0.2) is 0 Å². The van der Waals surface area contributed by atoms with Crippen LogP contribution in [0.2, 0.25) is 0 Å². The highest BCUT2D eigenvalue weighted by Crippen LogP contribution is 2.34. The molecule has 98 valence electrons. The summed E-state index contributed by atoms with van der Waals surface area (Å²) in [7, 11) is -3.74. The minimum Gasteiger partial charge on any atom is -0.396 e. The van der Waals surface area contributed by atoms with Crippen LogP contribution in [0, 0.1) is 0 Å². The molecule has 0 radical (unpaired) electrons. The lowest BCUT2D eigenvalue weighted by molar-refractivity contribution is -0.117. The Hall–Kier alpha value is -1.19. The molecule has 0 aromatic carbocycles. The second kappa shape index (κ2) is 4.48. The molecular formula is C9H11BrN4O3S. The van der Waals surface area contributed by atoms with Crippen molar-refractivity contribution in [2.75, 3.05) is 17.2 Å². The van der Waals surface area contributed by atoms with Crippen LogP contribution in [0.3, 0.4) is 0 Å². The molecule has 1 atom stereocenters. The van der Waals surface area contributed by atoms with Crippen LogP contribution in [0.1, 0.15) is 6.42 Å². The van der Waals surface area contributed by atoms with Crippen molar-refractivity contribution in [1.29, 1.82) is 0 Å². The molecule has 1 fully saturated rings. The van der Waals surface area contributed by atoms with Crippen molar-refractivity contribution < 1.29 is 13.2 Å². The Morgan fingerprint density at radius 3 is 2.61 bits per heavy atom. The molecule has 1 aliphatic heterocycles. The fourth-order valence-corrected chi connectivity index (χ4v) is 3.13. The molecule has 9 heteroatoms. The zero-order valence-electron chi connectivity index (χ0n) is 9.21. The van der Waals surface area contributed by atoms with Crippen LogP contribution in [0.25, 0.3) is 0 Å². The van der Waals surface area contributed by atoms with E-state index in [0.29, 0.717) is 15.8 Å². The zero-order chi connectivity index (χ0) is 13.5. The van der Waals surface area contributed by atoms with Gasteiger partial charge in [-0.25, -0.2) is 13.6 Å². The summed E-state index contributed by atoms with van der Waals surface area (Å²) in [5, 5.41) is 4.16. The maximum atomic E-state index is 11.8. The number of hydrogen-bond acceptors (Lipinski definition) is 5. The third-order valence-corrected chi connectivity index (χ3v) is 4.55. The topological polar surface area (TPSA) is 119 Å². The Morgan fingerprint density at radius 2 is 2.11 bits per heavy atom. The number of carbonyl (C=O) groups is 1. The summed E-state index contributed by atoms with van der Waals surface area (Å²) in [5.41, 5.74) is 6.48. The van der Waals surface area contributed by atoms with Crippen LogP contribution in [-0.2, 0) is 14.8 Å². The van der Waals surface area contributed by atoms with Gasteiger partial charge in [0.2, 0.25) is 15.9 Å². The SMILES string of the molecule is Nc1cncc(Br)c1N1CC(S(N)(=O)=O)CC1=O. The second-order valence-electron chi connectivity index (χ2n) is 3.98. The van der Waals surface area contributed by atoms with Crippen LogP contribution in [0.5, 0.6) is 0 Å². The van der Waals surface area contributed by atoms with Gasteiger partial charge in [0.25, 0.3) is 0 Å². The van der Waals surface area contributed by atoms with Crippen molar-refractivity contribution >= 4 is 43.2 Å². The summed E-state index contributed by atoms with van der Waals surface area (Å²) in [4.78, 5) is 17.0. The Balaban J connectivity index is 2.39. The molecular weight excluding hydrogens is 324 g/mol. The number of sulfonamides is 1. The predicted molar refractivity (Wildman–Crippen MR) is 70.2 cm³/mol. The van der Waals surface area contributed by atoms with E-state index in [1.807, 2.05) is 0 Å². The monoisotopic (exact) mass is 334 g/mol. The van der Waals surface area contributed by atoms with E-state index in [2.05, 4.69) is 20.9 Å². The third-order valence-electron chi connectivity index (χ3n) is 2.73. The molecule has 2 heterocycles. The first-order chi connectivity index (χ1) is 8.30. The normalized spacial score (nSPS) is 20.4. The molecule has 18 heavy (non-hydrogen) atoms. The van der Waals surface area contributed by atoms with Gasteiger partial charge in [-0.1, -0.05) is 0 Å². The number of carbonyl (C=O) groups excluding carboxylic acids is 1. The van der Waals surface area contributed by atoms with Crippen molar-refractivity contribution in [3.05, 3.63) is 16.9 Å². The van der Waals surface area contributed by atoms with Gasteiger partial charge in [-0.05, 0) is 15.9 Å². The number of nitrogens with two attached hydrogens (primary N) is 2. The van der Waals surface area contributed by atoms with E-state index >= 15 is 0 Å². The first-order valence-corrected chi connectivity index (χ1v) is 7.42. The lowest BCUT2D eigenvalue weighted by atomic mass is 10.3. The highest BCUT2D eigenvalue weighted by Gasteiger charge is 2.38. The molecule has 7 nitrogen and oxygen atoms in total. The first-order valence-electron chi connectivity index (χ1n) is 5.01. The average molecular weight is 335 g/mol. The summed E-state index contributed by atoms with van der Waals surface area (Å²) in [6.07, 6.45) is 2.76. The van der Waals surface area contributed by atoms with E-state index in [9.17, 15) is 13.2 Å². The van der Waals surface area contributed by atoms with Crippen LogP contribution in [0.15, 0.2) is 16.9 Å². The number of primary sulfonamides is 1. The Kier molecular flexibility index (Phi) is 3.30. The van der Waals surface area contributed by atoms with E-state index in [1.165, 1.54) is 17.3 Å². The molecule has 1 aromatic heterocycles. The minimum atomic E-state index is -3.74. The largest absolute Gasteiger partial charge is 0.396 e. The predicted octanol–water partition coefficient (Wildman–Crippen LogP) is -0.180. The molecule has 1 saturated heterocycles. The van der Waals surface area contributed by atoms with Crippen LogP contribution >= 0.6 is 15.9 Å². The lowest BCUT2D eigenvalue weighted by Gasteiger charge is -2.19. The molecule has 1 aliphatic rings. The van der Waals surface area contributed by atoms with E-state index in [-0.39, 0.29) is 18.9 Å². The molecule has 1 amide bonds. The van der Waals surface area contributed by atoms with Gasteiger partial charge in [0, 0.05) is 19.2 Å². The summed E-state index contributed by atoms with van der Waals surface area (Å²) >= 11 is 3.24. The Bertz CT molecular complexity index is 584. The number of anilines is 2. The maximum Gasteiger partial charge on any atom is 0.228 e. The molecule has 0 saturated carbocycles. The number of aromatic nitrogens is 1. The highest BCUT2D eigenvalue weighted by atomic mass is 79.9. The molecule has 1 aromatic rings. The van der Waals surface area contributed by atoms with Gasteiger partial charge < -0.3 is 10.6 Å². The van der Waals surface area contributed by atoms with Crippen LogP contribution in [-0.4, -0.2) is 31.1 Å². The van der Waals surface area contributed by atoms with Crippen LogP contribution < -0.4 is 15.8 Å². The second-order valence-corrected chi connectivity index (χ2v) is 6.68. The fraction of sp³-hybridized carbons (Fsp3) is 0.333. The van der Waals surface area contributed by atoms with E-state index in [0.717, 1.165) is 0 Å². The van der Waals surface area contributed by atoms with E-state index in [4.69, 9.17) is 10.9 Å². The molecule has 0 spiro atoms. The van der Waals surface area contributed by atoms with Gasteiger partial charge in [-0.2, -0.15) is 0 Å². The van der Waals surface area contributed by atoms with Gasteiger partial charge >= 0.3 is 0 Å². The molecule has 4 N–H and O–H groups in total. The summed E-state index contributed by atoms with van der Waals surface area (Å²) < 4.78 is 23.1. The van der Waals surface area contributed by atoms with Crippen molar-refractivity contribution in [2.45, 2.75) is 11.7 Å². The molecule has 2 rings (SSSR count). The van der Waals surface area contributed by atoms with E-state index < -0.39 is 15.3 Å². The van der Waals surface area contributed by atoms with Gasteiger partial charge in [0.05, 0.1) is 22.0 Å². The number of nitrogens with zero attached hydrogens (tertiary/aromatic N) is 2. The number of halogens is 1. The summed E-state index contributed by atoms with van der Waals surface area (Å²) in [6, 6.07) is 0. The van der Waals surface area contributed by atoms with Gasteiger partial charge in [-0.15, -0.1) is 0 Å². The van der Waals surface area contributed by atoms with Crippen molar-refractivity contribution in [2.24, 2.45) is 5.14 Å². The average Bonchev–Trinajstić information content (AvgIpc) is 2.60. The molecule has 1 unspecified atom stereocenters. The van der Waals surface area contributed by atoms with Crippen LogP contribution in [0.4, 0.5) is 11.4 Å². The quantitative estimate of drug-likeness (QED) is 0.777. The van der Waals surface area contributed by atoms with Crippen molar-refractivity contribution in [1.82, 2.24) is 4.98 Å². The number of pyridine rings is 1. The lowest BCUT2D eigenvalue weighted by Crippen LogP contribution is -2.32. The van der Waals surface area contributed by atoms with Crippen molar-refractivity contribution in [3.8, 4) is 0 Å². The van der Waals surface area contributed by atoms with Crippen molar-refractivity contribution in [3.63, 3.8) is 0 Å². The highest BCUT2D eigenvalue weighted by molar-refractivity contribution is 9.10. The molecule has 0 aliphatic carbocycles. The summed E-state index contributed by atoms with van der Waals surface area (Å²) in [5.74, 6) is -0.326. The number of hydrogen-bond donors (Lipinski definition) is 2. The minimum absolute atomic E-state index is 0.00444. The summed E-state index contributed by atoms with van der Waals surface area (Å²) in [6.45, 7) is 0.00444. The van der Waals surface area contributed by atoms with E-state index in [1.54, 1.807) is 0 Å². The number of nitrogen functional groups attached to an aromatic ring is 1. The molecule has 0 bridgehead atoms. The standard InChI is InChI=1S/C9H11BrN4O3S/c10-6-2-13-3-7(11)9(6)14-4-5(1-8(14)15)18(12,16)17/h2-3,5H,1,4,11H2,(H2,12,16,17). The zero-order valence-corrected chi connectivity index (χ0v) is 11.6.